The third-order valence-electron chi connectivity index (χ3n) is 4.43. The minimum atomic E-state index is 0.737. The minimum Gasteiger partial charge on any atom is -0.379 e. The minimum absolute atomic E-state index is 0.737. The maximum Gasteiger partial charge on any atom is 0.0701 e. The Morgan fingerprint density at radius 2 is 0.958 bits per heavy atom. The number of nitrogens with zero attached hydrogens (tertiary/aromatic N) is 1. The van der Waals surface area contributed by atoms with Crippen LogP contribution in [-0.2, 0) is 9.47 Å². The third-order valence-corrected chi connectivity index (χ3v) is 4.43. The van der Waals surface area contributed by atoms with Crippen molar-refractivity contribution in [1.29, 1.82) is 0 Å². The summed E-state index contributed by atoms with van der Waals surface area (Å²) in [5.41, 5.74) is 0. The third kappa shape index (κ3) is 18.2. The predicted octanol–water partition coefficient (Wildman–Crippen LogP) is 5.67. The molecular weight excluding hydrogens is 298 g/mol. The molecule has 0 aromatic heterocycles. The highest BCUT2D eigenvalue weighted by Gasteiger charge is 2.05. The molecule has 0 unspecified atom stereocenters. The lowest BCUT2D eigenvalue weighted by Gasteiger charge is -2.22. The lowest BCUT2D eigenvalue weighted by Crippen LogP contribution is -2.30. The van der Waals surface area contributed by atoms with Gasteiger partial charge in [-0.3, -0.25) is 0 Å². The zero-order valence-corrected chi connectivity index (χ0v) is 17.0. The van der Waals surface area contributed by atoms with Crippen LogP contribution < -0.4 is 0 Å². The molecule has 0 N–H and O–H groups in total. The number of rotatable bonds is 20. The largest absolute Gasteiger partial charge is 0.379 e. The molecule has 146 valence electrons. The van der Waals surface area contributed by atoms with Crippen molar-refractivity contribution in [3.05, 3.63) is 0 Å². The summed E-state index contributed by atoms with van der Waals surface area (Å²) in [7, 11) is 0. The van der Waals surface area contributed by atoms with Gasteiger partial charge in [-0.05, 0) is 32.4 Å². The van der Waals surface area contributed by atoms with E-state index in [1.165, 1.54) is 77.3 Å². The van der Waals surface area contributed by atoms with Gasteiger partial charge >= 0.3 is 0 Å². The quantitative estimate of drug-likeness (QED) is 0.266. The first-order valence-electron chi connectivity index (χ1n) is 10.7. The van der Waals surface area contributed by atoms with E-state index in [0.29, 0.717) is 0 Å². The zero-order valence-electron chi connectivity index (χ0n) is 17.0. The highest BCUT2D eigenvalue weighted by atomic mass is 16.5. The zero-order chi connectivity index (χ0) is 17.7. The predicted molar refractivity (Wildman–Crippen MR) is 106 cm³/mol. The molecule has 0 saturated carbocycles. The van der Waals surface area contributed by atoms with Crippen molar-refractivity contribution in [1.82, 2.24) is 4.90 Å². The second-order valence-electron chi connectivity index (χ2n) is 6.89. The van der Waals surface area contributed by atoms with Crippen molar-refractivity contribution in [2.45, 2.75) is 91.4 Å². The van der Waals surface area contributed by atoms with Crippen molar-refractivity contribution in [3.63, 3.8) is 0 Å². The molecule has 0 aliphatic rings. The van der Waals surface area contributed by atoms with E-state index in [2.05, 4.69) is 25.7 Å². The van der Waals surface area contributed by atoms with Crippen molar-refractivity contribution >= 4 is 0 Å². The lowest BCUT2D eigenvalue weighted by molar-refractivity contribution is 0.0384. The normalized spacial score (nSPS) is 11.5. The van der Waals surface area contributed by atoms with Crippen molar-refractivity contribution in [3.8, 4) is 0 Å². The van der Waals surface area contributed by atoms with E-state index in [4.69, 9.17) is 9.47 Å². The Bertz CT molecular complexity index is 210. The fourth-order valence-electron chi connectivity index (χ4n) is 2.87. The van der Waals surface area contributed by atoms with E-state index in [1.807, 2.05) is 0 Å². The van der Waals surface area contributed by atoms with Crippen molar-refractivity contribution in [2.75, 3.05) is 46.1 Å². The fourth-order valence-corrected chi connectivity index (χ4v) is 2.87. The maximum atomic E-state index is 5.73. The second-order valence-corrected chi connectivity index (χ2v) is 6.89. The molecule has 0 aromatic rings. The summed E-state index contributed by atoms with van der Waals surface area (Å²) < 4.78 is 11.2. The van der Waals surface area contributed by atoms with Crippen LogP contribution in [0.2, 0.25) is 0 Å². The van der Waals surface area contributed by atoms with Crippen molar-refractivity contribution in [2.24, 2.45) is 0 Å². The fraction of sp³-hybridized carbons (Fsp3) is 1.00. The van der Waals surface area contributed by atoms with E-state index in [0.717, 1.165) is 39.4 Å². The first-order valence-corrected chi connectivity index (χ1v) is 10.7. The standard InChI is InChI=1S/C21H45NO2/c1-4-7-9-11-13-15-22(16-14-12-10-8-5-2)17-19-24-21-20-23-18-6-3/h4-21H2,1-3H3. The van der Waals surface area contributed by atoms with Gasteiger partial charge < -0.3 is 14.4 Å². The molecule has 3 nitrogen and oxygen atoms in total. The van der Waals surface area contributed by atoms with Gasteiger partial charge in [0.05, 0.1) is 19.8 Å². The Hall–Kier alpha value is -0.120. The van der Waals surface area contributed by atoms with Gasteiger partial charge in [-0.25, -0.2) is 0 Å². The molecule has 0 atom stereocenters. The highest BCUT2D eigenvalue weighted by molar-refractivity contribution is 4.59. The molecule has 0 bridgehead atoms. The molecular formula is C21H45NO2. The maximum absolute atomic E-state index is 5.73. The molecule has 0 aliphatic heterocycles. The van der Waals surface area contributed by atoms with Gasteiger partial charge in [0, 0.05) is 13.2 Å². The van der Waals surface area contributed by atoms with E-state index in [-0.39, 0.29) is 0 Å². The van der Waals surface area contributed by atoms with Crippen LogP contribution in [0.25, 0.3) is 0 Å². The Kier molecular flexibility index (Phi) is 20.8. The number of unbranched alkanes of at least 4 members (excludes halogenated alkanes) is 8. The van der Waals surface area contributed by atoms with Gasteiger partial charge in [-0.2, -0.15) is 0 Å². The van der Waals surface area contributed by atoms with Gasteiger partial charge in [-0.15, -0.1) is 0 Å². The topological polar surface area (TPSA) is 21.7 Å². The summed E-state index contributed by atoms with van der Waals surface area (Å²) in [6.45, 7) is 13.4. The summed E-state index contributed by atoms with van der Waals surface area (Å²) in [4.78, 5) is 2.62. The first kappa shape index (κ1) is 23.9. The first-order chi connectivity index (χ1) is 11.8. The molecule has 0 heterocycles. The molecule has 0 amide bonds. The van der Waals surface area contributed by atoms with E-state index in [1.54, 1.807) is 0 Å². The Morgan fingerprint density at radius 1 is 0.458 bits per heavy atom. The van der Waals surface area contributed by atoms with Crippen LogP contribution in [0.5, 0.6) is 0 Å². The SMILES string of the molecule is CCCCCCCN(CCCCCCC)CCOCCOCCC. The van der Waals surface area contributed by atoms with Gasteiger partial charge in [0.2, 0.25) is 0 Å². The highest BCUT2D eigenvalue weighted by Crippen LogP contribution is 2.07. The molecule has 0 rings (SSSR count). The molecule has 24 heavy (non-hydrogen) atoms. The molecule has 0 radical (unpaired) electrons. The Morgan fingerprint density at radius 3 is 1.46 bits per heavy atom. The van der Waals surface area contributed by atoms with Gasteiger partial charge in [-0.1, -0.05) is 72.1 Å². The van der Waals surface area contributed by atoms with Crippen LogP contribution in [0, 0.1) is 0 Å². The van der Waals surface area contributed by atoms with Crippen molar-refractivity contribution < 1.29 is 9.47 Å². The second kappa shape index (κ2) is 20.9. The summed E-state index contributed by atoms with van der Waals surface area (Å²) in [5.74, 6) is 0. The van der Waals surface area contributed by atoms with Crippen LogP contribution in [0.4, 0.5) is 0 Å². The Balaban J connectivity index is 3.72. The van der Waals surface area contributed by atoms with Crippen LogP contribution >= 0.6 is 0 Å². The monoisotopic (exact) mass is 343 g/mol. The number of hydrogen-bond acceptors (Lipinski definition) is 3. The van der Waals surface area contributed by atoms with Crippen LogP contribution in [0.15, 0.2) is 0 Å². The average molecular weight is 344 g/mol. The van der Waals surface area contributed by atoms with Gasteiger partial charge in [0.1, 0.15) is 0 Å². The van der Waals surface area contributed by atoms with Gasteiger partial charge in [0.15, 0.2) is 0 Å². The lowest BCUT2D eigenvalue weighted by atomic mass is 10.1. The summed E-state index contributed by atoms with van der Waals surface area (Å²) in [6, 6.07) is 0. The molecule has 0 spiro atoms. The molecule has 0 saturated heterocycles. The van der Waals surface area contributed by atoms with E-state index >= 15 is 0 Å². The summed E-state index contributed by atoms with van der Waals surface area (Å²) in [6.07, 6.45) is 14.8. The van der Waals surface area contributed by atoms with E-state index < -0.39 is 0 Å². The van der Waals surface area contributed by atoms with Crippen LogP contribution in [-0.4, -0.2) is 51.0 Å². The molecule has 0 fully saturated rings. The number of hydrogen-bond donors (Lipinski definition) is 0. The molecule has 0 aromatic carbocycles. The molecule has 3 heteroatoms. The number of ether oxygens (including phenoxy) is 2. The van der Waals surface area contributed by atoms with Gasteiger partial charge in [0.25, 0.3) is 0 Å². The van der Waals surface area contributed by atoms with Crippen LogP contribution in [0.3, 0.4) is 0 Å². The Labute approximate surface area is 152 Å². The van der Waals surface area contributed by atoms with Crippen LogP contribution in [0.1, 0.15) is 91.4 Å². The van der Waals surface area contributed by atoms with E-state index in [9.17, 15) is 0 Å². The smallest absolute Gasteiger partial charge is 0.0701 e. The average Bonchev–Trinajstić information content (AvgIpc) is 2.59. The summed E-state index contributed by atoms with van der Waals surface area (Å²) >= 11 is 0. The molecule has 0 aliphatic carbocycles. The summed E-state index contributed by atoms with van der Waals surface area (Å²) in [5, 5.41) is 0.